The minimum absolute atomic E-state index is 0.0988. The molecular weight excluding hydrogens is 891 g/mol. The summed E-state index contributed by atoms with van der Waals surface area (Å²) >= 11 is 0. The Hall–Kier alpha value is -8.28. The van der Waals surface area contributed by atoms with Crippen LogP contribution in [0.15, 0.2) is 193 Å². The summed E-state index contributed by atoms with van der Waals surface area (Å²) in [5.41, 5.74) is 15.6. The first-order valence-electron chi connectivity index (χ1n) is 25.4. The molecule has 9 aromatic carbocycles. The zero-order chi connectivity index (χ0) is 50.6. The van der Waals surface area contributed by atoms with Crippen LogP contribution in [0.1, 0.15) is 79.0 Å². The number of furan rings is 1. The lowest BCUT2D eigenvalue weighted by atomic mass is 9.79. The summed E-state index contributed by atoms with van der Waals surface area (Å²) in [6.07, 6.45) is 1.90. The monoisotopic (exact) mass is 949 g/mol. The number of para-hydroxylation sites is 1. The number of phenolic OH excluding ortho intramolecular Hbond substituents is 1. The second-order valence-electron chi connectivity index (χ2n) is 22.9. The maximum absolute atomic E-state index is 12.7. The van der Waals surface area contributed by atoms with Crippen LogP contribution < -0.4 is 0 Å². The lowest BCUT2D eigenvalue weighted by Crippen LogP contribution is -2.17. The Kier molecular flexibility index (Phi) is 10.6. The van der Waals surface area contributed by atoms with Gasteiger partial charge in [-0.25, -0.2) is 4.98 Å². The summed E-state index contributed by atoms with van der Waals surface area (Å²) in [7, 11) is 0. The average molecular weight is 950 g/mol. The molecule has 0 aliphatic rings. The number of hydrogen-bond acceptors (Lipinski definition) is 4. The standard InChI is InChI=1S/C68H59N3O2/c1-66(2,3)47-29-30-59(52(37-47)42-21-14-11-15-22-42)71-60-26-18-25-50(62(60)70-65(71)56-38-48(67(4,5)6)39-57(63(56)72)68(7,8)9)46-33-54-53-40-51-45(28-27-43-23-16-17-24-49(43)51)36-61(53)73-64(54)55(34-46)58-35-44(31-32-69-58)41-19-12-10-13-20-41/h10-40,72H,1-9H3. The van der Waals surface area contributed by atoms with Gasteiger partial charge in [0.05, 0.1) is 28.0 Å². The van der Waals surface area contributed by atoms with Gasteiger partial charge < -0.3 is 9.52 Å². The van der Waals surface area contributed by atoms with Crippen LogP contribution in [0.3, 0.4) is 0 Å². The molecule has 0 radical (unpaired) electrons. The van der Waals surface area contributed by atoms with E-state index in [4.69, 9.17) is 14.4 Å². The van der Waals surface area contributed by atoms with E-state index in [1.165, 1.54) is 21.7 Å². The highest BCUT2D eigenvalue weighted by Gasteiger charge is 2.30. The largest absolute Gasteiger partial charge is 0.507 e. The topological polar surface area (TPSA) is 64.1 Å². The second-order valence-corrected chi connectivity index (χ2v) is 22.9. The first-order valence-corrected chi connectivity index (χ1v) is 25.4. The van der Waals surface area contributed by atoms with Crippen LogP contribution in [0.25, 0.3) is 116 Å². The quantitative estimate of drug-likeness (QED) is 0.169. The average Bonchev–Trinajstić information content (AvgIpc) is 3.96. The lowest BCUT2D eigenvalue weighted by molar-refractivity contribution is 0.446. The summed E-state index contributed by atoms with van der Waals surface area (Å²) in [6.45, 7) is 20.0. The molecule has 0 amide bonds. The Morgan fingerprint density at radius 2 is 1.15 bits per heavy atom. The number of nitrogens with zero attached hydrogens (tertiary/aromatic N) is 3. The van der Waals surface area contributed by atoms with E-state index in [0.29, 0.717) is 11.4 Å². The van der Waals surface area contributed by atoms with E-state index in [-0.39, 0.29) is 22.0 Å². The maximum Gasteiger partial charge on any atom is 0.149 e. The van der Waals surface area contributed by atoms with Gasteiger partial charge in [0.15, 0.2) is 0 Å². The predicted molar refractivity (Wildman–Crippen MR) is 306 cm³/mol. The fourth-order valence-electron chi connectivity index (χ4n) is 10.7. The summed E-state index contributed by atoms with van der Waals surface area (Å²) in [5, 5.41) is 19.4. The number of aromatic hydroxyl groups is 1. The Morgan fingerprint density at radius 3 is 1.89 bits per heavy atom. The molecule has 73 heavy (non-hydrogen) atoms. The Morgan fingerprint density at radius 1 is 0.452 bits per heavy atom. The molecule has 358 valence electrons. The zero-order valence-electron chi connectivity index (χ0n) is 43.1. The molecule has 0 bridgehead atoms. The van der Waals surface area contributed by atoms with Crippen LogP contribution in [0.2, 0.25) is 0 Å². The fourth-order valence-corrected chi connectivity index (χ4v) is 10.7. The van der Waals surface area contributed by atoms with Crippen molar-refractivity contribution in [2.24, 2.45) is 0 Å². The molecule has 1 N–H and O–H groups in total. The molecule has 0 fully saturated rings. The molecule has 3 aromatic heterocycles. The first kappa shape index (κ1) is 45.8. The van der Waals surface area contributed by atoms with Crippen LogP contribution >= 0.6 is 0 Å². The maximum atomic E-state index is 12.7. The summed E-state index contributed by atoms with van der Waals surface area (Å²) in [4.78, 5) is 10.8. The van der Waals surface area contributed by atoms with Crippen molar-refractivity contribution in [1.82, 2.24) is 14.5 Å². The van der Waals surface area contributed by atoms with Crippen LogP contribution in [-0.2, 0) is 16.2 Å². The van der Waals surface area contributed by atoms with Crippen molar-refractivity contribution in [2.75, 3.05) is 0 Å². The van der Waals surface area contributed by atoms with Crippen LogP contribution in [0, 0.1) is 0 Å². The molecule has 0 atom stereocenters. The number of benzene rings is 9. The van der Waals surface area contributed by atoms with Crippen molar-refractivity contribution in [3.8, 4) is 67.5 Å². The van der Waals surface area contributed by atoms with E-state index in [9.17, 15) is 5.11 Å². The predicted octanol–water partition coefficient (Wildman–Crippen LogP) is 18.6. The van der Waals surface area contributed by atoms with Gasteiger partial charge in [-0.1, -0.05) is 184 Å². The Labute approximate surface area is 427 Å². The van der Waals surface area contributed by atoms with Gasteiger partial charge in [0.1, 0.15) is 22.7 Å². The van der Waals surface area contributed by atoms with Crippen molar-refractivity contribution in [3.05, 3.63) is 205 Å². The van der Waals surface area contributed by atoms with Gasteiger partial charge in [-0.2, -0.15) is 0 Å². The van der Waals surface area contributed by atoms with E-state index >= 15 is 0 Å². The third kappa shape index (κ3) is 7.95. The number of phenols is 1. The number of hydrogen-bond donors (Lipinski definition) is 1. The SMILES string of the molecule is CC(C)(C)c1ccc(-n2c(-c3cc(C(C)(C)C)cc(C(C)(C)C)c3O)nc3c(-c4cc(-c5cc(-c6ccccc6)ccn5)c5oc6cc7ccc8ccccc8c7cc6c5c4)cccc32)c(-c2ccccc2)c1. The number of imidazole rings is 1. The molecule has 0 spiro atoms. The van der Waals surface area contributed by atoms with Gasteiger partial charge in [-0.15, -0.1) is 0 Å². The first-order chi connectivity index (χ1) is 35.0. The highest BCUT2D eigenvalue weighted by molar-refractivity contribution is 6.19. The third-order valence-corrected chi connectivity index (χ3v) is 14.8. The normalized spacial score (nSPS) is 12.5. The number of rotatable bonds is 6. The van der Waals surface area contributed by atoms with E-state index in [2.05, 4.69) is 243 Å². The van der Waals surface area contributed by atoms with Crippen molar-refractivity contribution in [3.63, 3.8) is 0 Å². The summed E-state index contributed by atoms with van der Waals surface area (Å²) in [5.74, 6) is 0.909. The van der Waals surface area contributed by atoms with E-state index in [1.54, 1.807) is 0 Å². The third-order valence-electron chi connectivity index (χ3n) is 14.8. The molecular formula is C68H59N3O2. The van der Waals surface area contributed by atoms with Crippen LogP contribution in [0.4, 0.5) is 0 Å². The Balaban J connectivity index is 1.19. The van der Waals surface area contributed by atoms with Gasteiger partial charge >= 0.3 is 0 Å². The van der Waals surface area contributed by atoms with Gasteiger partial charge in [-0.05, 0) is 132 Å². The molecule has 5 nitrogen and oxygen atoms in total. The van der Waals surface area contributed by atoms with E-state index in [1.807, 2.05) is 12.3 Å². The fraction of sp³-hybridized carbons (Fsp3) is 0.176. The molecule has 0 unspecified atom stereocenters. The highest BCUT2D eigenvalue weighted by atomic mass is 16.3. The van der Waals surface area contributed by atoms with Gasteiger partial charge in [0, 0.05) is 39.2 Å². The Bertz CT molecular complexity index is 4140. The molecule has 5 heteroatoms. The highest BCUT2D eigenvalue weighted by Crippen LogP contribution is 2.48. The smallest absolute Gasteiger partial charge is 0.149 e. The van der Waals surface area contributed by atoms with Crippen LogP contribution in [0.5, 0.6) is 5.75 Å². The molecule has 3 heterocycles. The van der Waals surface area contributed by atoms with Gasteiger partial charge in [-0.3, -0.25) is 9.55 Å². The molecule has 0 aliphatic carbocycles. The van der Waals surface area contributed by atoms with Crippen LogP contribution in [-0.4, -0.2) is 19.6 Å². The van der Waals surface area contributed by atoms with Crippen molar-refractivity contribution in [2.45, 2.75) is 78.6 Å². The van der Waals surface area contributed by atoms with Crippen molar-refractivity contribution >= 4 is 54.5 Å². The second kappa shape index (κ2) is 16.9. The van der Waals surface area contributed by atoms with Gasteiger partial charge in [0.25, 0.3) is 0 Å². The van der Waals surface area contributed by atoms with Crippen molar-refractivity contribution in [1.29, 1.82) is 0 Å². The minimum Gasteiger partial charge on any atom is -0.507 e. The molecule has 12 rings (SSSR count). The van der Waals surface area contributed by atoms with E-state index in [0.717, 1.165) is 99.8 Å². The number of pyridine rings is 1. The molecule has 12 aromatic rings. The molecule has 0 saturated carbocycles. The van der Waals surface area contributed by atoms with Gasteiger partial charge in [0.2, 0.25) is 0 Å². The molecule has 0 saturated heterocycles. The number of fused-ring (bicyclic) bond motifs is 7. The summed E-state index contributed by atoms with van der Waals surface area (Å²) < 4.78 is 9.30. The zero-order valence-corrected chi connectivity index (χ0v) is 43.1. The number of aromatic nitrogens is 3. The summed E-state index contributed by atoms with van der Waals surface area (Å²) in [6, 6.07) is 65.0. The van der Waals surface area contributed by atoms with E-state index < -0.39 is 0 Å². The minimum atomic E-state index is -0.353. The molecule has 0 aliphatic heterocycles. The van der Waals surface area contributed by atoms with Crippen molar-refractivity contribution < 1.29 is 9.52 Å². The lowest BCUT2D eigenvalue weighted by Gasteiger charge is -2.28.